The first-order valence-corrected chi connectivity index (χ1v) is 8.50. The SMILES string of the molecule is CC(C)NS(=O)(=O)c1ccc(N2CCOCC2CO)cc1. The summed E-state index contributed by atoms with van der Waals surface area (Å²) in [5.41, 5.74) is 0.890. The van der Waals surface area contributed by atoms with Crippen LogP contribution in [0.25, 0.3) is 0 Å². The lowest BCUT2D eigenvalue weighted by Crippen LogP contribution is -2.47. The summed E-state index contributed by atoms with van der Waals surface area (Å²) in [5.74, 6) is 0. The molecule has 2 N–H and O–H groups in total. The molecule has 1 saturated heterocycles. The summed E-state index contributed by atoms with van der Waals surface area (Å²) in [6.45, 7) is 5.34. The van der Waals surface area contributed by atoms with E-state index in [4.69, 9.17) is 4.74 Å². The topological polar surface area (TPSA) is 78.9 Å². The number of aliphatic hydroxyl groups excluding tert-OH is 1. The highest BCUT2D eigenvalue weighted by atomic mass is 32.2. The number of nitrogens with one attached hydrogen (secondary N) is 1. The molecule has 0 radical (unpaired) electrons. The van der Waals surface area contributed by atoms with Gasteiger partial charge < -0.3 is 14.7 Å². The van der Waals surface area contributed by atoms with Gasteiger partial charge in [0.15, 0.2) is 0 Å². The van der Waals surface area contributed by atoms with Gasteiger partial charge in [-0.05, 0) is 38.1 Å². The van der Waals surface area contributed by atoms with Gasteiger partial charge in [-0.25, -0.2) is 13.1 Å². The Balaban J connectivity index is 2.18. The van der Waals surface area contributed by atoms with E-state index in [2.05, 4.69) is 4.72 Å². The molecule has 21 heavy (non-hydrogen) atoms. The summed E-state index contributed by atoms with van der Waals surface area (Å²) in [4.78, 5) is 2.28. The molecule has 1 aliphatic heterocycles. The Morgan fingerprint density at radius 3 is 2.62 bits per heavy atom. The molecule has 0 aliphatic carbocycles. The summed E-state index contributed by atoms with van der Waals surface area (Å²) in [6.07, 6.45) is 0. The molecule has 118 valence electrons. The van der Waals surface area contributed by atoms with E-state index in [9.17, 15) is 13.5 Å². The summed E-state index contributed by atoms with van der Waals surface area (Å²) in [6, 6.07) is 6.47. The maximum absolute atomic E-state index is 12.1. The van der Waals surface area contributed by atoms with Crippen LogP contribution in [0.2, 0.25) is 0 Å². The van der Waals surface area contributed by atoms with Crippen molar-refractivity contribution in [1.29, 1.82) is 0 Å². The number of hydrogen-bond acceptors (Lipinski definition) is 5. The first kappa shape index (κ1) is 16.2. The number of anilines is 1. The van der Waals surface area contributed by atoms with Crippen molar-refractivity contribution in [3.05, 3.63) is 24.3 Å². The Labute approximate surface area is 125 Å². The van der Waals surface area contributed by atoms with Crippen LogP contribution in [0.5, 0.6) is 0 Å². The van der Waals surface area contributed by atoms with Gasteiger partial charge >= 0.3 is 0 Å². The van der Waals surface area contributed by atoms with Gasteiger partial charge in [0.25, 0.3) is 0 Å². The lowest BCUT2D eigenvalue weighted by atomic mass is 10.2. The third-order valence-corrected chi connectivity index (χ3v) is 4.98. The van der Waals surface area contributed by atoms with E-state index < -0.39 is 10.0 Å². The Hall–Kier alpha value is -1.15. The second-order valence-electron chi connectivity index (χ2n) is 5.37. The zero-order valence-corrected chi connectivity index (χ0v) is 13.1. The Bertz CT molecular complexity index is 557. The van der Waals surface area contributed by atoms with Crippen LogP contribution in [0.1, 0.15) is 13.8 Å². The first-order chi connectivity index (χ1) is 9.94. The lowest BCUT2D eigenvalue weighted by molar-refractivity contribution is 0.0727. The molecule has 1 aromatic rings. The Morgan fingerprint density at radius 2 is 2.05 bits per heavy atom. The minimum absolute atomic E-state index is 0.00888. The summed E-state index contributed by atoms with van der Waals surface area (Å²) in [7, 11) is -3.47. The monoisotopic (exact) mass is 314 g/mol. The summed E-state index contributed by atoms with van der Waals surface area (Å²) < 4.78 is 32.0. The van der Waals surface area contributed by atoms with Crippen molar-refractivity contribution in [1.82, 2.24) is 4.72 Å². The number of aliphatic hydroxyl groups is 1. The fourth-order valence-corrected chi connectivity index (χ4v) is 3.59. The molecule has 7 heteroatoms. The van der Waals surface area contributed by atoms with E-state index >= 15 is 0 Å². The zero-order valence-electron chi connectivity index (χ0n) is 12.3. The van der Waals surface area contributed by atoms with Crippen molar-refractivity contribution in [3.8, 4) is 0 Å². The standard InChI is InChI=1S/C14H22N2O4S/c1-11(2)15-21(18,19)14-5-3-12(4-6-14)16-7-8-20-10-13(16)9-17/h3-6,11,13,15,17H,7-10H2,1-2H3. The first-order valence-electron chi connectivity index (χ1n) is 7.01. The van der Waals surface area contributed by atoms with Gasteiger partial charge in [-0.3, -0.25) is 0 Å². The van der Waals surface area contributed by atoms with Crippen LogP contribution in [0.3, 0.4) is 0 Å². The predicted molar refractivity (Wildman–Crippen MR) is 80.9 cm³/mol. The molecule has 1 heterocycles. The van der Waals surface area contributed by atoms with Gasteiger partial charge in [0, 0.05) is 18.3 Å². The molecular weight excluding hydrogens is 292 g/mol. The molecule has 1 unspecified atom stereocenters. The molecule has 0 amide bonds. The third-order valence-electron chi connectivity index (χ3n) is 3.31. The maximum atomic E-state index is 12.1. The van der Waals surface area contributed by atoms with Gasteiger partial charge in [0.2, 0.25) is 10.0 Å². The molecule has 1 atom stereocenters. The number of morpholine rings is 1. The smallest absolute Gasteiger partial charge is 0.240 e. The molecule has 6 nitrogen and oxygen atoms in total. The summed E-state index contributed by atoms with van der Waals surface area (Å²) >= 11 is 0. The van der Waals surface area contributed by atoms with Crippen molar-refractivity contribution < 1.29 is 18.3 Å². The van der Waals surface area contributed by atoms with Crippen molar-refractivity contribution in [3.63, 3.8) is 0 Å². The minimum Gasteiger partial charge on any atom is -0.394 e. The molecule has 0 aromatic heterocycles. The average molecular weight is 314 g/mol. The third kappa shape index (κ3) is 3.94. The van der Waals surface area contributed by atoms with Crippen molar-refractivity contribution in [2.24, 2.45) is 0 Å². The van der Waals surface area contributed by atoms with E-state index in [0.29, 0.717) is 19.8 Å². The highest BCUT2D eigenvalue weighted by molar-refractivity contribution is 7.89. The van der Waals surface area contributed by atoms with E-state index in [1.807, 2.05) is 4.90 Å². The molecule has 1 fully saturated rings. The van der Waals surface area contributed by atoms with Crippen LogP contribution < -0.4 is 9.62 Å². The van der Waals surface area contributed by atoms with E-state index in [0.717, 1.165) is 5.69 Å². The van der Waals surface area contributed by atoms with Gasteiger partial charge in [-0.15, -0.1) is 0 Å². The lowest BCUT2D eigenvalue weighted by Gasteiger charge is -2.36. The van der Waals surface area contributed by atoms with Crippen molar-refractivity contribution >= 4 is 15.7 Å². The second kappa shape index (κ2) is 6.74. The fraction of sp³-hybridized carbons (Fsp3) is 0.571. The molecule has 1 aromatic carbocycles. The number of rotatable bonds is 5. The molecular formula is C14H22N2O4S. The Morgan fingerprint density at radius 1 is 1.38 bits per heavy atom. The van der Waals surface area contributed by atoms with Gasteiger partial charge in [0.05, 0.1) is 30.8 Å². The normalized spacial score (nSPS) is 20.0. The molecule has 2 rings (SSSR count). The minimum atomic E-state index is -3.47. The molecule has 0 bridgehead atoms. The van der Waals surface area contributed by atoms with Crippen LogP contribution in [0.15, 0.2) is 29.2 Å². The van der Waals surface area contributed by atoms with Crippen LogP contribution in [-0.2, 0) is 14.8 Å². The zero-order chi connectivity index (χ0) is 15.5. The van der Waals surface area contributed by atoms with Crippen LogP contribution in [0, 0.1) is 0 Å². The molecule has 1 aliphatic rings. The van der Waals surface area contributed by atoms with Crippen LogP contribution in [0.4, 0.5) is 5.69 Å². The van der Waals surface area contributed by atoms with Crippen molar-refractivity contribution in [2.45, 2.75) is 30.8 Å². The highest BCUT2D eigenvalue weighted by Crippen LogP contribution is 2.22. The molecule has 0 spiro atoms. The van der Waals surface area contributed by atoms with E-state index in [1.54, 1.807) is 38.1 Å². The highest BCUT2D eigenvalue weighted by Gasteiger charge is 2.23. The van der Waals surface area contributed by atoms with E-state index in [1.165, 1.54) is 0 Å². The van der Waals surface area contributed by atoms with Gasteiger partial charge in [0.1, 0.15) is 0 Å². The largest absolute Gasteiger partial charge is 0.394 e. The van der Waals surface area contributed by atoms with Crippen LogP contribution in [-0.4, -0.2) is 52.0 Å². The second-order valence-corrected chi connectivity index (χ2v) is 7.09. The number of hydrogen-bond donors (Lipinski definition) is 2. The van der Waals surface area contributed by atoms with E-state index in [-0.39, 0.29) is 23.6 Å². The number of nitrogens with zero attached hydrogens (tertiary/aromatic N) is 1. The molecule has 0 saturated carbocycles. The number of sulfonamides is 1. The fourth-order valence-electron chi connectivity index (χ4n) is 2.34. The predicted octanol–water partition coefficient (Wildman–Crippen LogP) is 0.571. The average Bonchev–Trinajstić information content (AvgIpc) is 2.46. The number of ether oxygens (including phenoxy) is 1. The van der Waals surface area contributed by atoms with Gasteiger partial charge in [-0.2, -0.15) is 0 Å². The quantitative estimate of drug-likeness (QED) is 0.831. The summed E-state index contributed by atoms with van der Waals surface area (Å²) in [5, 5.41) is 9.38. The van der Waals surface area contributed by atoms with Crippen LogP contribution >= 0.6 is 0 Å². The Kier molecular flexibility index (Phi) is 5.21. The maximum Gasteiger partial charge on any atom is 0.240 e. The number of benzene rings is 1. The van der Waals surface area contributed by atoms with Crippen molar-refractivity contribution in [2.75, 3.05) is 31.3 Å². The van der Waals surface area contributed by atoms with Gasteiger partial charge in [-0.1, -0.05) is 0 Å².